The van der Waals surface area contributed by atoms with Crippen LogP contribution in [0.15, 0.2) is 18.2 Å². The lowest BCUT2D eigenvalue weighted by atomic mass is 10.1. The molecular weight excluding hydrogens is 274 g/mol. The molecule has 1 rings (SSSR count). The maximum atomic E-state index is 12.2. The molecule has 0 saturated carbocycles. The molecule has 20 heavy (non-hydrogen) atoms. The summed E-state index contributed by atoms with van der Waals surface area (Å²) in [6, 6.07) is 6.85. The molecule has 0 bridgehead atoms. The molecule has 0 aliphatic rings. The Balaban J connectivity index is 2.96. The van der Waals surface area contributed by atoms with E-state index in [0.29, 0.717) is 16.1 Å². The van der Waals surface area contributed by atoms with Gasteiger partial charge in [0.15, 0.2) is 0 Å². The van der Waals surface area contributed by atoms with Crippen molar-refractivity contribution in [1.29, 1.82) is 5.26 Å². The number of rotatable bonds is 3. The van der Waals surface area contributed by atoms with Gasteiger partial charge >= 0.3 is 0 Å². The van der Waals surface area contributed by atoms with Crippen LogP contribution in [0.4, 0.5) is 0 Å². The van der Waals surface area contributed by atoms with Gasteiger partial charge in [-0.15, -0.1) is 0 Å². The molecule has 0 radical (unpaired) electrons. The van der Waals surface area contributed by atoms with Crippen molar-refractivity contribution in [2.24, 2.45) is 5.73 Å². The Morgan fingerprint density at radius 2 is 2.25 bits per heavy atom. The average molecular weight is 290 g/mol. The van der Waals surface area contributed by atoms with E-state index in [-0.39, 0.29) is 24.9 Å². The second-order valence-electron chi connectivity index (χ2n) is 4.33. The van der Waals surface area contributed by atoms with Crippen LogP contribution in [0, 0.1) is 23.2 Å². The maximum Gasteiger partial charge on any atom is 0.253 e. The minimum atomic E-state index is -0.173. The molecule has 0 aliphatic heterocycles. The number of nitriles is 1. The number of amides is 1. The molecule has 0 saturated heterocycles. The smallest absolute Gasteiger partial charge is 0.253 e. The zero-order valence-electron chi connectivity index (χ0n) is 11.5. The highest BCUT2D eigenvalue weighted by Gasteiger charge is 2.17. The topological polar surface area (TPSA) is 70.1 Å². The third-order valence-corrected chi connectivity index (χ3v) is 3.22. The van der Waals surface area contributed by atoms with E-state index in [9.17, 15) is 4.79 Å². The van der Waals surface area contributed by atoms with Gasteiger partial charge in [-0.25, -0.2) is 0 Å². The molecule has 1 amide bonds. The van der Waals surface area contributed by atoms with E-state index >= 15 is 0 Å². The molecule has 0 heterocycles. The number of hydrogen-bond acceptors (Lipinski definition) is 3. The summed E-state index contributed by atoms with van der Waals surface area (Å²) in [4.78, 5) is 13.8. The zero-order valence-corrected chi connectivity index (χ0v) is 12.2. The van der Waals surface area contributed by atoms with Crippen LogP contribution < -0.4 is 5.73 Å². The zero-order chi connectivity index (χ0) is 15.1. The summed E-state index contributed by atoms with van der Waals surface area (Å²) in [6.07, 6.45) is 0.288. The first-order valence-electron chi connectivity index (χ1n) is 6.13. The third-order valence-electron chi connectivity index (χ3n) is 2.91. The summed E-state index contributed by atoms with van der Waals surface area (Å²) >= 11 is 6.09. The van der Waals surface area contributed by atoms with Crippen molar-refractivity contribution in [2.75, 3.05) is 13.6 Å². The molecule has 0 spiro atoms. The molecule has 104 valence electrons. The van der Waals surface area contributed by atoms with E-state index in [2.05, 4.69) is 11.8 Å². The van der Waals surface area contributed by atoms with Crippen LogP contribution in [0.5, 0.6) is 0 Å². The van der Waals surface area contributed by atoms with Gasteiger partial charge in [0.1, 0.15) is 0 Å². The summed E-state index contributed by atoms with van der Waals surface area (Å²) in [5.41, 5.74) is 6.42. The van der Waals surface area contributed by atoms with Gasteiger partial charge in [-0.05, 0) is 25.1 Å². The van der Waals surface area contributed by atoms with E-state index in [1.165, 1.54) is 4.90 Å². The lowest BCUT2D eigenvalue weighted by Gasteiger charge is -2.23. The summed E-state index contributed by atoms with van der Waals surface area (Å²) in [6.45, 7) is 2.08. The maximum absolute atomic E-state index is 12.2. The highest BCUT2D eigenvalue weighted by molar-refractivity contribution is 6.32. The quantitative estimate of drug-likeness (QED) is 0.866. The molecule has 0 aromatic heterocycles. The van der Waals surface area contributed by atoms with Crippen molar-refractivity contribution in [3.05, 3.63) is 34.3 Å². The fourth-order valence-corrected chi connectivity index (χ4v) is 1.80. The van der Waals surface area contributed by atoms with Gasteiger partial charge in [0.05, 0.1) is 24.1 Å². The van der Waals surface area contributed by atoms with Crippen LogP contribution in [-0.4, -0.2) is 30.4 Å². The second-order valence-corrected chi connectivity index (χ2v) is 4.74. The van der Waals surface area contributed by atoms with Crippen LogP contribution >= 0.6 is 11.6 Å². The summed E-state index contributed by atoms with van der Waals surface area (Å²) in [7, 11) is 1.67. The van der Waals surface area contributed by atoms with Crippen LogP contribution in [0.25, 0.3) is 0 Å². The fourth-order valence-electron chi connectivity index (χ4n) is 1.57. The number of carbonyl (C=O) groups excluding carboxylic acids is 1. The Labute approximate surface area is 124 Å². The molecule has 1 unspecified atom stereocenters. The second kappa shape index (κ2) is 7.55. The van der Waals surface area contributed by atoms with Crippen molar-refractivity contribution >= 4 is 17.5 Å². The average Bonchev–Trinajstić information content (AvgIpc) is 2.44. The van der Waals surface area contributed by atoms with Gasteiger partial charge in [0.25, 0.3) is 5.91 Å². The van der Waals surface area contributed by atoms with Crippen LogP contribution in [-0.2, 0) is 0 Å². The van der Waals surface area contributed by atoms with E-state index in [1.54, 1.807) is 25.2 Å². The van der Waals surface area contributed by atoms with Crippen molar-refractivity contribution in [2.45, 2.75) is 19.4 Å². The van der Waals surface area contributed by atoms with E-state index < -0.39 is 0 Å². The van der Waals surface area contributed by atoms with Gasteiger partial charge in [-0.2, -0.15) is 5.26 Å². The van der Waals surface area contributed by atoms with E-state index in [1.807, 2.05) is 13.0 Å². The van der Waals surface area contributed by atoms with Crippen LogP contribution in [0.3, 0.4) is 0 Å². The Morgan fingerprint density at radius 1 is 1.55 bits per heavy atom. The SMILES string of the molecule is CC(CC#N)N(C)C(=O)c1ccc(C#CCN)c(Cl)c1. The molecule has 1 aromatic rings. The molecule has 0 fully saturated rings. The van der Waals surface area contributed by atoms with Crippen LogP contribution in [0.1, 0.15) is 29.3 Å². The lowest BCUT2D eigenvalue weighted by Crippen LogP contribution is -2.34. The Bertz CT molecular complexity index is 595. The Hall–Kier alpha value is -2.01. The van der Waals surface area contributed by atoms with Gasteiger partial charge in [0.2, 0.25) is 0 Å². The van der Waals surface area contributed by atoms with Gasteiger partial charge < -0.3 is 10.6 Å². The minimum absolute atomic E-state index is 0.150. The number of halogens is 1. The number of carbonyl (C=O) groups is 1. The summed E-state index contributed by atoms with van der Waals surface area (Å²) < 4.78 is 0. The molecule has 4 nitrogen and oxygen atoms in total. The Morgan fingerprint density at radius 3 is 2.80 bits per heavy atom. The predicted molar refractivity (Wildman–Crippen MR) is 79.2 cm³/mol. The molecule has 5 heteroatoms. The first-order chi connectivity index (χ1) is 9.51. The van der Waals surface area contributed by atoms with E-state index in [4.69, 9.17) is 22.6 Å². The number of nitrogens with zero attached hydrogens (tertiary/aromatic N) is 2. The fraction of sp³-hybridized carbons (Fsp3) is 0.333. The predicted octanol–water partition coefficient (Wildman–Crippen LogP) is 2.02. The summed E-state index contributed by atoms with van der Waals surface area (Å²) in [5.74, 6) is 5.38. The molecule has 0 aliphatic carbocycles. The molecular formula is C15H16ClN3O. The van der Waals surface area contributed by atoms with Crippen molar-refractivity contribution < 1.29 is 4.79 Å². The van der Waals surface area contributed by atoms with E-state index in [0.717, 1.165) is 0 Å². The summed E-state index contributed by atoms with van der Waals surface area (Å²) in [5, 5.41) is 9.08. The monoisotopic (exact) mass is 289 g/mol. The minimum Gasteiger partial charge on any atom is -0.338 e. The normalized spacial score (nSPS) is 10.9. The lowest BCUT2D eigenvalue weighted by molar-refractivity contribution is 0.0746. The largest absolute Gasteiger partial charge is 0.338 e. The van der Waals surface area contributed by atoms with Crippen LogP contribution in [0.2, 0.25) is 5.02 Å². The van der Waals surface area contributed by atoms with Gasteiger partial charge in [-0.3, -0.25) is 4.79 Å². The van der Waals surface area contributed by atoms with Crippen molar-refractivity contribution in [1.82, 2.24) is 4.90 Å². The number of nitrogens with two attached hydrogens (primary N) is 1. The first kappa shape index (κ1) is 16.0. The molecule has 2 N–H and O–H groups in total. The third kappa shape index (κ3) is 3.99. The van der Waals surface area contributed by atoms with Gasteiger partial charge in [0, 0.05) is 24.2 Å². The first-order valence-corrected chi connectivity index (χ1v) is 6.51. The van der Waals surface area contributed by atoms with Gasteiger partial charge in [-0.1, -0.05) is 23.4 Å². The highest BCUT2D eigenvalue weighted by atomic mass is 35.5. The molecule has 1 aromatic carbocycles. The standard InChI is InChI=1S/C15H16ClN3O/c1-11(7-9-18)19(2)15(20)13-6-5-12(4-3-8-17)14(16)10-13/h5-6,10-11H,7-8,17H2,1-2H3. The van der Waals surface area contributed by atoms with Crippen molar-refractivity contribution in [3.8, 4) is 17.9 Å². The highest BCUT2D eigenvalue weighted by Crippen LogP contribution is 2.18. The number of benzene rings is 1. The molecule has 1 atom stereocenters. The Kier molecular flexibility index (Phi) is 6.06. The van der Waals surface area contributed by atoms with Crippen molar-refractivity contribution in [3.63, 3.8) is 0 Å². The number of hydrogen-bond donors (Lipinski definition) is 1.